The highest BCUT2D eigenvalue weighted by molar-refractivity contribution is 5.92. The van der Waals surface area contributed by atoms with Gasteiger partial charge >= 0.3 is 0 Å². The topological polar surface area (TPSA) is 76.5 Å². The molecule has 0 radical (unpaired) electrons. The fourth-order valence-corrected chi connectivity index (χ4v) is 3.13. The van der Waals surface area contributed by atoms with Crippen LogP contribution < -0.4 is 0 Å². The summed E-state index contributed by atoms with van der Waals surface area (Å²) < 4.78 is 7.01. The molecule has 3 aromatic rings. The average Bonchev–Trinajstić information content (AvgIpc) is 3.22. The predicted octanol–water partition coefficient (Wildman–Crippen LogP) is 2.39. The van der Waals surface area contributed by atoms with Crippen LogP contribution in [0.2, 0.25) is 0 Å². The molecular weight excluding hydrogens is 294 g/mol. The zero-order valence-corrected chi connectivity index (χ0v) is 12.8. The van der Waals surface area contributed by atoms with E-state index in [9.17, 15) is 4.79 Å². The molecule has 1 saturated heterocycles. The maximum absolute atomic E-state index is 12.8. The van der Waals surface area contributed by atoms with Gasteiger partial charge in [0, 0.05) is 18.8 Å². The number of aromatic nitrogens is 4. The van der Waals surface area contributed by atoms with Crippen LogP contribution in [0.25, 0.3) is 5.65 Å². The number of hydrogen-bond acceptors (Lipinski definition) is 5. The lowest BCUT2D eigenvalue weighted by Gasteiger charge is -2.34. The zero-order valence-electron chi connectivity index (χ0n) is 12.8. The first-order chi connectivity index (χ1) is 11.2. The van der Waals surface area contributed by atoms with E-state index in [0.717, 1.165) is 30.6 Å². The normalized spacial score (nSPS) is 18.5. The molecule has 0 N–H and O–H groups in total. The van der Waals surface area contributed by atoms with Gasteiger partial charge in [-0.1, -0.05) is 0 Å². The van der Waals surface area contributed by atoms with Crippen LogP contribution >= 0.6 is 0 Å². The second kappa shape index (κ2) is 5.49. The Morgan fingerprint density at radius 3 is 3.09 bits per heavy atom. The Balaban J connectivity index is 1.70. The standard InChI is InChI=1S/C16H17N5O2/c1-11-15(23-10-17-11)16(22)20-8-3-2-4-13(20)12-6-9-21-14(19-12)5-7-18-21/h5-7,9-10,13H,2-4,8H2,1H3. The van der Waals surface area contributed by atoms with Gasteiger partial charge in [0.25, 0.3) is 5.91 Å². The van der Waals surface area contributed by atoms with Gasteiger partial charge in [0.1, 0.15) is 0 Å². The number of hydrogen-bond donors (Lipinski definition) is 0. The van der Waals surface area contributed by atoms with Gasteiger partial charge < -0.3 is 9.32 Å². The molecule has 118 valence electrons. The number of carbonyl (C=O) groups is 1. The van der Waals surface area contributed by atoms with Crippen molar-refractivity contribution in [2.45, 2.75) is 32.2 Å². The lowest BCUT2D eigenvalue weighted by Crippen LogP contribution is -2.39. The smallest absolute Gasteiger partial charge is 0.292 e. The molecule has 4 rings (SSSR count). The first-order valence-electron chi connectivity index (χ1n) is 7.75. The Morgan fingerprint density at radius 2 is 2.26 bits per heavy atom. The minimum atomic E-state index is -0.111. The van der Waals surface area contributed by atoms with Crippen LogP contribution in [0.5, 0.6) is 0 Å². The number of likely N-dealkylation sites (tertiary alicyclic amines) is 1. The summed E-state index contributed by atoms with van der Waals surface area (Å²) in [5.41, 5.74) is 2.30. The molecule has 3 aromatic heterocycles. The number of aryl methyl sites for hydroxylation is 1. The summed E-state index contributed by atoms with van der Waals surface area (Å²) in [4.78, 5) is 23.4. The molecule has 23 heavy (non-hydrogen) atoms. The molecule has 0 saturated carbocycles. The summed E-state index contributed by atoms with van der Waals surface area (Å²) in [6.45, 7) is 2.49. The quantitative estimate of drug-likeness (QED) is 0.726. The van der Waals surface area contributed by atoms with Crippen molar-refractivity contribution in [3.63, 3.8) is 0 Å². The summed E-state index contributed by atoms with van der Waals surface area (Å²) in [7, 11) is 0. The Morgan fingerprint density at radius 1 is 1.35 bits per heavy atom. The number of rotatable bonds is 2. The van der Waals surface area contributed by atoms with Crippen molar-refractivity contribution in [3.8, 4) is 0 Å². The summed E-state index contributed by atoms with van der Waals surface area (Å²) in [5, 5.41) is 4.16. The van der Waals surface area contributed by atoms with Crippen LogP contribution in [-0.2, 0) is 0 Å². The SMILES string of the molecule is Cc1ncoc1C(=O)N1CCCCC1c1ccn2nccc2n1. The van der Waals surface area contributed by atoms with Crippen LogP contribution in [0.3, 0.4) is 0 Å². The molecule has 7 nitrogen and oxygen atoms in total. The number of amides is 1. The summed E-state index contributed by atoms with van der Waals surface area (Å²) in [5.74, 6) is 0.210. The number of oxazole rings is 1. The van der Waals surface area contributed by atoms with Gasteiger partial charge in [-0.05, 0) is 32.3 Å². The fraction of sp³-hybridized carbons (Fsp3) is 0.375. The predicted molar refractivity (Wildman–Crippen MR) is 81.9 cm³/mol. The maximum Gasteiger partial charge on any atom is 0.292 e. The fourth-order valence-electron chi connectivity index (χ4n) is 3.13. The highest BCUT2D eigenvalue weighted by atomic mass is 16.3. The van der Waals surface area contributed by atoms with E-state index in [1.165, 1.54) is 6.39 Å². The molecule has 0 aromatic carbocycles. The van der Waals surface area contributed by atoms with Crippen LogP contribution in [0.4, 0.5) is 0 Å². The Bertz CT molecular complexity index is 853. The Hall–Kier alpha value is -2.70. The largest absolute Gasteiger partial charge is 0.438 e. The van der Waals surface area contributed by atoms with E-state index < -0.39 is 0 Å². The van der Waals surface area contributed by atoms with Gasteiger partial charge in [0.05, 0.1) is 23.6 Å². The highest BCUT2D eigenvalue weighted by Gasteiger charge is 2.32. The molecule has 1 amide bonds. The van der Waals surface area contributed by atoms with Crippen molar-refractivity contribution in [1.29, 1.82) is 0 Å². The number of nitrogens with zero attached hydrogens (tertiary/aromatic N) is 5. The van der Waals surface area contributed by atoms with Crippen LogP contribution in [0.1, 0.15) is 47.2 Å². The lowest BCUT2D eigenvalue weighted by molar-refractivity contribution is 0.0572. The summed E-state index contributed by atoms with van der Waals surface area (Å²) >= 11 is 0. The van der Waals surface area contributed by atoms with E-state index in [-0.39, 0.29) is 11.9 Å². The highest BCUT2D eigenvalue weighted by Crippen LogP contribution is 2.31. The first-order valence-corrected chi connectivity index (χ1v) is 7.75. The van der Waals surface area contributed by atoms with Crippen molar-refractivity contribution in [2.75, 3.05) is 6.54 Å². The van der Waals surface area contributed by atoms with Crippen molar-refractivity contribution < 1.29 is 9.21 Å². The van der Waals surface area contributed by atoms with E-state index in [1.54, 1.807) is 17.6 Å². The third-order valence-corrected chi connectivity index (χ3v) is 4.32. The van der Waals surface area contributed by atoms with Crippen molar-refractivity contribution in [2.24, 2.45) is 0 Å². The molecule has 4 heterocycles. The molecule has 1 atom stereocenters. The Kier molecular flexibility index (Phi) is 3.33. The minimum absolute atomic E-state index is 0.0411. The van der Waals surface area contributed by atoms with E-state index >= 15 is 0 Å². The van der Waals surface area contributed by atoms with E-state index in [2.05, 4.69) is 15.1 Å². The first kappa shape index (κ1) is 13.9. The van der Waals surface area contributed by atoms with Crippen molar-refractivity contribution in [1.82, 2.24) is 24.5 Å². The van der Waals surface area contributed by atoms with Gasteiger partial charge in [-0.15, -0.1) is 0 Å². The number of piperidine rings is 1. The second-order valence-electron chi connectivity index (χ2n) is 5.76. The molecule has 0 bridgehead atoms. The minimum Gasteiger partial charge on any atom is -0.438 e. The van der Waals surface area contributed by atoms with Gasteiger partial charge in [-0.2, -0.15) is 5.10 Å². The summed E-state index contributed by atoms with van der Waals surface area (Å²) in [6.07, 6.45) is 7.89. The molecule has 0 spiro atoms. The monoisotopic (exact) mass is 311 g/mol. The molecule has 1 fully saturated rings. The average molecular weight is 311 g/mol. The van der Waals surface area contributed by atoms with Gasteiger partial charge in [0.15, 0.2) is 12.0 Å². The molecule has 1 aliphatic heterocycles. The van der Waals surface area contributed by atoms with Crippen LogP contribution in [0, 0.1) is 6.92 Å². The van der Waals surface area contributed by atoms with Crippen LogP contribution in [0.15, 0.2) is 35.3 Å². The summed E-state index contributed by atoms with van der Waals surface area (Å²) in [6, 6.07) is 3.75. The third-order valence-electron chi connectivity index (χ3n) is 4.32. The Labute approximate surface area is 132 Å². The van der Waals surface area contributed by atoms with E-state index in [1.807, 2.05) is 23.2 Å². The van der Waals surface area contributed by atoms with Crippen molar-refractivity contribution >= 4 is 11.6 Å². The van der Waals surface area contributed by atoms with Gasteiger partial charge in [-0.3, -0.25) is 4.79 Å². The van der Waals surface area contributed by atoms with E-state index in [4.69, 9.17) is 4.42 Å². The van der Waals surface area contributed by atoms with Crippen LogP contribution in [-0.4, -0.2) is 36.9 Å². The maximum atomic E-state index is 12.8. The molecule has 1 unspecified atom stereocenters. The molecule has 7 heteroatoms. The third kappa shape index (κ3) is 2.38. The van der Waals surface area contributed by atoms with Crippen molar-refractivity contribution in [3.05, 3.63) is 48.1 Å². The number of fused-ring (bicyclic) bond motifs is 1. The lowest BCUT2D eigenvalue weighted by atomic mass is 9.98. The molecule has 0 aliphatic carbocycles. The second-order valence-corrected chi connectivity index (χ2v) is 5.76. The van der Waals surface area contributed by atoms with Gasteiger partial charge in [-0.25, -0.2) is 14.5 Å². The number of carbonyl (C=O) groups excluding carboxylic acids is 1. The molecular formula is C16H17N5O2. The molecule has 1 aliphatic rings. The zero-order chi connectivity index (χ0) is 15.8. The van der Waals surface area contributed by atoms with Gasteiger partial charge in [0.2, 0.25) is 5.76 Å². The van der Waals surface area contributed by atoms with E-state index in [0.29, 0.717) is 18.0 Å².